The molecule has 1 saturated carbocycles. The Morgan fingerprint density at radius 2 is 2.00 bits per heavy atom. The Balaban J connectivity index is 1.79. The lowest BCUT2D eigenvalue weighted by Crippen LogP contribution is -2.28. The molecule has 0 spiro atoms. The Bertz CT molecular complexity index is 407. The lowest BCUT2D eigenvalue weighted by molar-refractivity contribution is 0.0967. The van der Waals surface area contributed by atoms with Gasteiger partial charge in [0.25, 0.3) is 0 Å². The fraction of sp³-hybridized carbons (Fsp3) is 0.600. The van der Waals surface area contributed by atoms with Crippen molar-refractivity contribution in [1.82, 2.24) is 0 Å². The van der Waals surface area contributed by atoms with E-state index in [1.54, 1.807) is 0 Å². The van der Waals surface area contributed by atoms with Gasteiger partial charge in [-0.2, -0.15) is 0 Å². The molecule has 2 nitrogen and oxygen atoms in total. The molecule has 0 saturated heterocycles. The van der Waals surface area contributed by atoms with Crippen molar-refractivity contribution in [2.45, 2.75) is 51.0 Å². The number of hydrogen-bond acceptors (Lipinski definition) is 2. The number of anilines is 1. The van der Waals surface area contributed by atoms with E-state index in [0.717, 1.165) is 12.3 Å². The van der Waals surface area contributed by atoms with E-state index in [1.165, 1.54) is 49.8 Å². The van der Waals surface area contributed by atoms with Crippen LogP contribution in [0.15, 0.2) is 18.2 Å². The topological polar surface area (TPSA) is 21.3 Å². The Morgan fingerprint density at radius 3 is 2.82 bits per heavy atom. The highest BCUT2D eigenvalue weighted by Crippen LogP contribution is 2.35. The van der Waals surface area contributed by atoms with E-state index in [-0.39, 0.29) is 5.60 Å². The van der Waals surface area contributed by atoms with E-state index in [0.29, 0.717) is 0 Å². The Morgan fingerprint density at radius 1 is 1.18 bits per heavy atom. The van der Waals surface area contributed by atoms with Crippen molar-refractivity contribution in [2.75, 3.05) is 11.9 Å². The van der Waals surface area contributed by atoms with Gasteiger partial charge in [0.05, 0.1) is 0 Å². The molecule has 1 aromatic carbocycles. The molecule has 1 heterocycles. The smallest absolute Gasteiger partial charge is 0.120 e. The first kappa shape index (κ1) is 10.9. The largest absolute Gasteiger partial charge is 0.488 e. The fourth-order valence-corrected chi connectivity index (χ4v) is 3.02. The molecule has 2 aliphatic rings. The number of fused-ring (bicyclic) bond motifs is 1. The van der Waals surface area contributed by atoms with Gasteiger partial charge in [-0.25, -0.2) is 0 Å². The van der Waals surface area contributed by atoms with Gasteiger partial charge in [-0.05, 0) is 69.2 Å². The van der Waals surface area contributed by atoms with Gasteiger partial charge in [-0.3, -0.25) is 0 Å². The summed E-state index contributed by atoms with van der Waals surface area (Å²) in [6.45, 7) is 3.35. The third-order valence-corrected chi connectivity index (χ3v) is 4.04. The summed E-state index contributed by atoms with van der Waals surface area (Å²) in [5, 5.41) is 3.44. The van der Waals surface area contributed by atoms with E-state index < -0.39 is 0 Å². The molecule has 1 fully saturated rings. The van der Waals surface area contributed by atoms with Crippen LogP contribution in [0.3, 0.4) is 0 Å². The lowest BCUT2D eigenvalue weighted by atomic mass is 10.0. The first-order valence-corrected chi connectivity index (χ1v) is 6.81. The maximum Gasteiger partial charge on any atom is 0.120 e. The molecule has 1 aliphatic carbocycles. The zero-order valence-corrected chi connectivity index (χ0v) is 10.6. The van der Waals surface area contributed by atoms with E-state index in [2.05, 4.69) is 30.4 Å². The third kappa shape index (κ3) is 2.26. The minimum absolute atomic E-state index is 0.0797. The van der Waals surface area contributed by atoms with Crippen molar-refractivity contribution in [3.05, 3.63) is 23.8 Å². The molecule has 0 radical (unpaired) electrons. The maximum atomic E-state index is 6.20. The molecular weight excluding hydrogens is 210 g/mol. The number of ether oxygens (including phenoxy) is 1. The van der Waals surface area contributed by atoms with Crippen LogP contribution in [0.25, 0.3) is 0 Å². The summed E-state index contributed by atoms with van der Waals surface area (Å²) < 4.78 is 6.20. The van der Waals surface area contributed by atoms with Crippen LogP contribution in [0, 0.1) is 0 Å². The Hall–Kier alpha value is -1.18. The van der Waals surface area contributed by atoms with Crippen molar-refractivity contribution < 1.29 is 4.74 Å². The summed E-state index contributed by atoms with van der Waals surface area (Å²) in [6.07, 6.45) is 7.42. The number of hydrogen-bond donors (Lipinski definition) is 1. The molecule has 1 aliphatic heterocycles. The van der Waals surface area contributed by atoms with Crippen LogP contribution in [-0.4, -0.2) is 12.1 Å². The van der Waals surface area contributed by atoms with Gasteiger partial charge < -0.3 is 10.1 Å². The summed E-state index contributed by atoms with van der Waals surface area (Å²) in [5.74, 6) is 1.05. The van der Waals surface area contributed by atoms with Gasteiger partial charge in [-0.15, -0.1) is 0 Å². The molecule has 0 unspecified atom stereocenters. The molecule has 0 atom stereocenters. The summed E-state index contributed by atoms with van der Waals surface area (Å²) in [6, 6.07) is 6.51. The second-order valence-electron chi connectivity index (χ2n) is 5.61. The van der Waals surface area contributed by atoms with Crippen molar-refractivity contribution >= 4 is 5.69 Å². The summed E-state index contributed by atoms with van der Waals surface area (Å²) >= 11 is 0. The molecule has 92 valence electrons. The van der Waals surface area contributed by atoms with Gasteiger partial charge >= 0.3 is 0 Å². The molecule has 2 heteroatoms. The lowest BCUT2D eigenvalue weighted by Gasteiger charge is -2.27. The number of benzene rings is 1. The normalized spacial score (nSPS) is 21.7. The van der Waals surface area contributed by atoms with E-state index >= 15 is 0 Å². The highest BCUT2D eigenvalue weighted by Gasteiger charge is 2.30. The predicted molar refractivity (Wildman–Crippen MR) is 70.8 cm³/mol. The van der Waals surface area contributed by atoms with Gasteiger partial charge in [0.15, 0.2) is 0 Å². The predicted octanol–water partition coefficient (Wildman–Crippen LogP) is 3.76. The van der Waals surface area contributed by atoms with Crippen LogP contribution in [0.2, 0.25) is 0 Å². The van der Waals surface area contributed by atoms with Crippen LogP contribution < -0.4 is 10.1 Å². The van der Waals surface area contributed by atoms with Gasteiger partial charge in [0.1, 0.15) is 11.4 Å². The van der Waals surface area contributed by atoms with Crippen molar-refractivity contribution in [3.8, 4) is 5.75 Å². The second kappa shape index (κ2) is 4.25. The summed E-state index contributed by atoms with van der Waals surface area (Å²) in [5.41, 5.74) is 2.78. The summed E-state index contributed by atoms with van der Waals surface area (Å²) in [7, 11) is 0. The van der Waals surface area contributed by atoms with Gasteiger partial charge in [0, 0.05) is 12.2 Å². The quantitative estimate of drug-likeness (QED) is 0.837. The van der Waals surface area contributed by atoms with E-state index in [4.69, 9.17) is 4.74 Å². The van der Waals surface area contributed by atoms with Crippen molar-refractivity contribution in [2.24, 2.45) is 0 Å². The molecule has 1 N–H and O–H groups in total. The van der Waals surface area contributed by atoms with E-state index in [1.807, 2.05) is 0 Å². The fourth-order valence-electron chi connectivity index (χ4n) is 3.02. The van der Waals surface area contributed by atoms with Crippen molar-refractivity contribution in [3.63, 3.8) is 0 Å². The molecule has 0 bridgehead atoms. The molecular formula is C15H21NO. The summed E-state index contributed by atoms with van der Waals surface area (Å²) in [4.78, 5) is 0. The average Bonchev–Trinajstić information content (AvgIpc) is 2.76. The van der Waals surface area contributed by atoms with Crippen LogP contribution >= 0.6 is 0 Å². The SMILES string of the molecule is CC1(Oc2ccc3c(c2)CCCN3)CCCC1. The highest BCUT2D eigenvalue weighted by molar-refractivity contribution is 5.55. The third-order valence-electron chi connectivity index (χ3n) is 4.04. The van der Waals surface area contributed by atoms with Crippen LogP contribution in [0.4, 0.5) is 5.69 Å². The molecule has 0 amide bonds. The first-order chi connectivity index (χ1) is 8.25. The molecule has 1 aromatic rings. The highest BCUT2D eigenvalue weighted by atomic mass is 16.5. The van der Waals surface area contributed by atoms with Crippen LogP contribution in [0.5, 0.6) is 5.75 Å². The standard InChI is InChI=1S/C15H21NO/c1-15(8-2-3-9-15)17-13-6-7-14-12(11-13)5-4-10-16-14/h6-7,11,16H,2-5,8-10H2,1H3. The average molecular weight is 231 g/mol. The minimum atomic E-state index is 0.0797. The Labute approximate surface area is 103 Å². The van der Waals surface area contributed by atoms with Gasteiger partial charge in [-0.1, -0.05) is 0 Å². The van der Waals surface area contributed by atoms with Crippen molar-refractivity contribution in [1.29, 1.82) is 0 Å². The monoisotopic (exact) mass is 231 g/mol. The number of aryl methyl sites for hydroxylation is 1. The zero-order valence-electron chi connectivity index (χ0n) is 10.6. The second-order valence-corrected chi connectivity index (χ2v) is 5.61. The number of nitrogens with one attached hydrogen (secondary N) is 1. The van der Waals surface area contributed by atoms with Crippen LogP contribution in [0.1, 0.15) is 44.6 Å². The minimum Gasteiger partial charge on any atom is -0.488 e. The maximum absolute atomic E-state index is 6.20. The van der Waals surface area contributed by atoms with Gasteiger partial charge in [0.2, 0.25) is 0 Å². The van der Waals surface area contributed by atoms with E-state index in [9.17, 15) is 0 Å². The zero-order chi connectivity index (χ0) is 11.7. The molecule has 0 aromatic heterocycles. The Kier molecular flexibility index (Phi) is 2.73. The van der Waals surface area contributed by atoms with Crippen LogP contribution in [-0.2, 0) is 6.42 Å². The first-order valence-electron chi connectivity index (χ1n) is 6.81. The number of rotatable bonds is 2. The molecule has 17 heavy (non-hydrogen) atoms. The molecule has 3 rings (SSSR count).